The Hall–Kier alpha value is -7.17. The van der Waals surface area contributed by atoms with Crippen molar-refractivity contribution in [2.75, 3.05) is 0 Å². The molecule has 8 aromatic carbocycles. The van der Waals surface area contributed by atoms with Crippen molar-refractivity contribution in [2.24, 2.45) is 0 Å². The van der Waals surface area contributed by atoms with Crippen LogP contribution in [-0.2, 0) is 0 Å². The average molecular weight is 682 g/mol. The minimum atomic E-state index is -0.111. The SMILES string of the molecule is [2H]c1c([2H])c(-c2cccc3oc4cc(-c5nc(-c6ccccc6)nc(-c6ccc(-c7ccccc7)cc6)n5)ccc4c23)c([2H])c([2H])c1-c1cccc2ccccc12. The van der Waals surface area contributed by atoms with Crippen LogP contribution in [0.25, 0.3) is 100 Å². The van der Waals surface area contributed by atoms with Crippen LogP contribution in [0.15, 0.2) is 192 Å². The van der Waals surface area contributed by atoms with Crippen LogP contribution in [0.5, 0.6) is 0 Å². The normalized spacial score (nSPS) is 12.5. The van der Waals surface area contributed by atoms with Crippen LogP contribution in [0.2, 0.25) is 0 Å². The Balaban J connectivity index is 1.10. The van der Waals surface area contributed by atoms with Crippen LogP contribution in [0.3, 0.4) is 0 Å². The summed E-state index contributed by atoms with van der Waals surface area (Å²) in [5, 5.41) is 3.31. The second-order valence-corrected chi connectivity index (χ2v) is 12.9. The molecule has 0 saturated heterocycles. The van der Waals surface area contributed by atoms with Crippen LogP contribution in [0.1, 0.15) is 5.48 Å². The number of hydrogen-bond acceptors (Lipinski definition) is 4. The molecule has 10 rings (SSSR count). The van der Waals surface area contributed by atoms with Crippen molar-refractivity contribution in [3.8, 4) is 67.5 Å². The summed E-state index contributed by atoms with van der Waals surface area (Å²) < 4.78 is 43.3. The first-order valence-corrected chi connectivity index (χ1v) is 17.4. The third-order valence-electron chi connectivity index (χ3n) is 9.63. The molecule has 0 atom stereocenters. The standard InChI is InChI=1S/C49H31N3O/c1-3-11-32(12-4-1)33-21-27-38(28-22-33)48-50-47(37-14-5-2-6-15-37)51-49(52-48)39-29-30-43-45(31-39)53-44-20-10-19-42(46(43)44)36-25-23-35(24-26-36)41-18-9-16-34-13-7-8-17-40(34)41/h1-31H/i23D,24D,25D,26D. The van der Waals surface area contributed by atoms with Gasteiger partial charge < -0.3 is 4.42 Å². The fraction of sp³-hybridized carbons (Fsp3) is 0. The zero-order chi connectivity index (χ0) is 38.6. The molecule has 0 N–H and O–H groups in total. The number of aromatic nitrogens is 3. The third-order valence-corrected chi connectivity index (χ3v) is 9.63. The molecule has 0 fully saturated rings. The van der Waals surface area contributed by atoms with Gasteiger partial charge in [0.1, 0.15) is 11.2 Å². The fourth-order valence-electron chi connectivity index (χ4n) is 6.99. The van der Waals surface area contributed by atoms with Gasteiger partial charge in [0.05, 0.1) is 5.48 Å². The van der Waals surface area contributed by atoms with Crippen molar-refractivity contribution in [1.29, 1.82) is 0 Å². The topological polar surface area (TPSA) is 51.8 Å². The Morgan fingerprint density at radius 3 is 1.60 bits per heavy atom. The molecule has 0 aliphatic rings. The summed E-state index contributed by atoms with van der Waals surface area (Å²) in [5.41, 5.74) is 7.54. The number of rotatable bonds is 6. The lowest BCUT2D eigenvalue weighted by Crippen LogP contribution is -2.00. The molecule has 0 aliphatic carbocycles. The van der Waals surface area contributed by atoms with E-state index in [1.54, 1.807) is 0 Å². The molecule has 2 heterocycles. The number of hydrogen-bond donors (Lipinski definition) is 0. The minimum absolute atomic E-state index is 0.0935. The first-order valence-electron chi connectivity index (χ1n) is 19.4. The quantitative estimate of drug-likeness (QED) is 0.175. The van der Waals surface area contributed by atoms with E-state index in [9.17, 15) is 2.74 Å². The van der Waals surface area contributed by atoms with E-state index >= 15 is 0 Å². The highest BCUT2D eigenvalue weighted by atomic mass is 16.3. The molecule has 0 amide bonds. The molecule has 53 heavy (non-hydrogen) atoms. The van der Waals surface area contributed by atoms with E-state index in [4.69, 9.17) is 22.1 Å². The van der Waals surface area contributed by atoms with Gasteiger partial charge in [-0.1, -0.05) is 170 Å². The third kappa shape index (κ3) is 5.63. The van der Waals surface area contributed by atoms with Crippen molar-refractivity contribution < 1.29 is 9.90 Å². The molecule has 0 saturated carbocycles. The smallest absolute Gasteiger partial charge is 0.164 e. The van der Waals surface area contributed by atoms with Crippen molar-refractivity contribution >= 4 is 32.7 Å². The van der Waals surface area contributed by atoms with Crippen LogP contribution < -0.4 is 0 Å². The van der Waals surface area contributed by atoms with Gasteiger partial charge in [-0.25, -0.2) is 15.0 Å². The second kappa shape index (κ2) is 12.9. The van der Waals surface area contributed by atoms with E-state index in [1.807, 2.05) is 140 Å². The lowest BCUT2D eigenvalue weighted by molar-refractivity contribution is 0.669. The molecule has 0 unspecified atom stereocenters. The summed E-state index contributed by atoms with van der Waals surface area (Å²) >= 11 is 0. The Kier molecular flexibility index (Phi) is 6.46. The second-order valence-electron chi connectivity index (χ2n) is 12.9. The van der Waals surface area contributed by atoms with Gasteiger partial charge in [-0.05, 0) is 62.4 Å². The van der Waals surface area contributed by atoms with Crippen molar-refractivity contribution in [2.45, 2.75) is 0 Å². The Labute approximate surface area is 312 Å². The van der Waals surface area contributed by atoms with E-state index in [-0.39, 0.29) is 35.3 Å². The van der Waals surface area contributed by atoms with Gasteiger partial charge in [0.25, 0.3) is 0 Å². The Morgan fingerprint density at radius 2 is 0.868 bits per heavy atom. The van der Waals surface area contributed by atoms with Crippen LogP contribution in [-0.4, -0.2) is 15.0 Å². The Bertz CT molecular complexity index is 3130. The molecular weight excluding hydrogens is 647 g/mol. The highest BCUT2D eigenvalue weighted by Crippen LogP contribution is 2.39. The number of benzene rings is 8. The molecule has 0 radical (unpaired) electrons. The van der Waals surface area contributed by atoms with E-state index in [1.165, 1.54) is 0 Å². The van der Waals surface area contributed by atoms with E-state index in [0.717, 1.165) is 44.0 Å². The molecule has 0 spiro atoms. The van der Waals surface area contributed by atoms with Crippen LogP contribution in [0, 0.1) is 0 Å². The highest BCUT2D eigenvalue weighted by Gasteiger charge is 2.17. The monoisotopic (exact) mass is 681 g/mol. The van der Waals surface area contributed by atoms with Crippen LogP contribution >= 0.6 is 0 Å². The predicted molar refractivity (Wildman–Crippen MR) is 217 cm³/mol. The molecule has 248 valence electrons. The predicted octanol–water partition coefficient (Wildman–Crippen LogP) is 12.9. The lowest BCUT2D eigenvalue weighted by Gasteiger charge is -2.10. The van der Waals surface area contributed by atoms with Crippen molar-refractivity contribution in [1.82, 2.24) is 15.0 Å². The Morgan fingerprint density at radius 1 is 0.358 bits per heavy atom. The molecule has 0 aliphatic heterocycles. The largest absolute Gasteiger partial charge is 0.456 e. The van der Waals surface area contributed by atoms with Crippen LogP contribution in [0.4, 0.5) is 0 Å². The summed E-state index contributed by atoms with van der Waals surface area (Å²) in [7, 11) is 0. The summed E-state index contributed by atoms with van der Waals surface area (Å²) in [6.07, 6.45) is 0. The fourth-order valence-corrected chi connectivity index (χ4v) is 6.99. The number of fused-ring (bicyclic) bond motifs is 4. The van der Waals surface area contributed by atoms with Gasteiger partial charge in [-0.15, -0.1) is 0 Å². The zero-order valence-electron chi connectivity index (χ0n) is 32.3. The first kappa shape index (κ1) is 26.6. The molecule has 0 bridgehead atoms. The van der Waals surface area contributed by atoms with Gasteiger partial charge in [0.2, 0.25) is 0 Å². The summed E-state index contributed by atoms with van der Waals surface area (Å²) in [6, 6.07) is 52.7. The molecular formula is C49H31N3O. The number of furan rings is 1. The maximum Gasteiger partial charge on any atom is 0.164 e. The van der Waals surface area contributed by atoms with Crippen molar-refractivity contribution in [3.63, 3.8) is 0 Å². The average Bonchev–Trinajstić information content (AvgIpc) is 3.65. The maximum atomic E-state index is 9.25. The van der Waals surface area contributed by atoms with Gasteiger partial charge in [-0.2, -0.15) is 0 Å². The van der Waals surface area contributed by atoms with Gasteiger partial charge in [0, 0.05) is 27.5 Å². The molecule has 4 nitrogen and oxygen atoms in total. The first-order chi connectivity index (χ1) is 27.9. The maximum absolute atomic E-state index is 9.25. The molecule has 4 heteroatoms. The van der Waals surface area contributed by atoms with Gasteiger partial charge in [0.15, 0.2) is 17.5 Å². The summed E-state index contributed by atoms with van der Waals surface area (Å²) in [6.45, 7) is 0. The van der Waals surface area contributed by atoms with E-state index in [2.05, 4.69) is 24.3 Å². The van der Waals surface area contributed by atoms with Gasteiger partial charge >= 0.3 is 0 Å². The van der Waals surface area contributed by atoms with Crippen molar-refractivity contribution in [3.05, 3.63) is 188 Å². The summed E-state index contributed by atoms with van der Waals surface area (Å²) in [5.74, 6) is 1.57. The van der Waals surface area contributed by atoms with E-state index < -0.39 is 0 Å². The number of nitrogens with zero attached hydrogens (tertiary/aromatic N) is 3. The lowest BCUT2D eigenvalue weighted by atomic mass is 9.94. The summed E-state index contributed by atoms with van der Waals surface area (Å²) in [4.78, 5) is 14.8. The highest BCUT2D eigenvalue weighted by molar-refractivity contribution is 6.13. The molecule has 10 aromatic rings. The van der Waals surface area contributed by atoms with Gasteiger partial charge in [-0.3, -0.25) is 0 Å². The zero-order valence-corrected chi connectivity index (χ0v) is 28.3. The minimum Gasteiger partial charge on any atom is -0.456 e. The van der Waals surface area contributed by atoms with E-state index in [0.29, 0.717) is 45.2 Å². The molecule has 2 aromatic heterocycles.